The van der Waals surface area contributed by atoms with Gasteiger partial charge in [0, 0.05) is 12.8 Å². The van der Waals surface area contributed by atoms with Crippen LogP contribution in [0.2, 0.25) is 0 Å². The Balaban J connectivity index is 5.39. The molecule has 0 heterocycles. The van der Waals surface area contributed by atoms with Crippen molar-refractivity contribution in [1.82, 2.24) is 16.0 Å². The van der Waals surface area contributed by atoms with Gasteiger partial charge in [0.2, 0.25) is 23.6 Å². The number of hydrogen-bond donors (Lipinski definition) is 8. The van der Waals surface area contributed by atoms with E-state index in [1.54, 1.807) is 0 Å². The average Bonchev–Trinajstić information content (AvgIpc) is 2.73. The van der Waals surface area contributed by atoms with E-state index in [0.29, 0.717) is 19.4 Å². The summed E-state index contributed by atoms with van der Waals surface area (Å²) in [5.41, 5.74) is 16.2. The van der Waals surface area contributed by atoms with E-state index in [4.69, 9.17) is 27.4 Å². The average molecular weight is 475 g/mol. The molecule has 188 valence electrons. The van der Waals surface area contributed by atoms with Crippen molar-refractivity contribution in [3.05, 3.63) is 0 Å². The maximum absolute atomic E-state index is 12.8. The molecule has 0 aliphatic rings. The molecule has 11 N–H and O–H groups in total. The number of unbranched alkanes of at least 4 members (excludes halogenated alkanes) is 1. The second-order valence-corrected chi connectivity index (χ2v) is 7.52. The van der Waals surface area contributed by atoms with E-state index in [1.807, 2.05) is 0 Å². The van der Waals surface area contributed by atoms with Crippen molar-refractivity contribution >= 4 is 35.6 Å². The van der Waals surface area contributed by atoms with E-state index in [-0.39, 0.29) is 25.7 Å². The fourth-order valence-electron chi connectivity index (χ4n) is 2.65. The number of carbonyl (C=O) groups is 6. The number of carboxylic acid groups (broad SMARTS) is 2. The first kappa shape index (κ1) is 29.7. The lowest BCUT2D eigenvalue weighted by Gasteiger charge is -2.24. The molecule has 0 aromatic heterocycles. The molecule has 0 aliphatic carbocycles. The summed E-state index contributed by atoms with van der Waals surface area (Å²) >= 11 is 0. The fourth-order valence-corrected chi connectivity index (χ4v) is 2.65. The molecule has 0 aromatic rings. The zero-order valence-corrected chi connectivity index (χ0v) is 18.5. The lowest BCUT2D eigenvalue weighted by Crippen LogP contribution is -2.57. The van der Waals surface area contributed by atoms with Crippen LogP contribution in [-0.4, -0.2) is 76.5 Å². The molecule has 0 rings (SSSR count). The van der Waals surface area contributed by atoms with Crippen LogP contribution in [0.15, 0.2) is 0 Å². The Hall–Kier alpha value is -3.26. The summed E-state index contributed by atoms with van der Waals surface area (Å²) in [5.74, 6) is -5.56. The third kappa shape index (κ3) is 13.0. The van der Waals surface area contributed by atoms with Crippen LogP contribution in [0.25, 0.3) is 0 Å². The van der Waals surface area contributed by atoms with Gasteiger partial charge in [0.05, 0.1) is 6.04 Å². The largest absolute Gasteiger partial charge is 0.481 e. The van der Waals surface area contributed by atoms with Crippen LogP contribution in [0.1, 0.15) is 51.9 Å². The van der Waals surface area contributed by atoms with Gasteiger partial charge in [-0.25, -0.2) is 0 Å². The third-order valence-electron chi connectivity index (χ3n) is 4.63. The maximum Gasteiger partial charge on any atom is 0.325 e. The molecule has 4 amide bonds. The summed E-state index contributed by atoms with van der Waals surface area (Å²) < 4.78 is 0. The summed E-state index contributed by atoms with van der Waals surface area (Å²) in [6, 6.07) is -4.86. The first-order chi connectivity index (χ1) is 15.4. The molecule has 14 nitrogen and oxygen atoms in total. The number of carboxylic acids is 2. The number of rotatable bonds is 17. The van der Waals surface area contributed by atoms with E-state index >= 15 is 0 Å². The molecule has 4 unspecified atom stereocenters. The van der Waals surface area contributed by atoms with Gasteiger partial charge in [-0.05, 0) is 45.6 Å². The van der Waals surface area contributed by atoms with Crippen molar-refractivity contribution in [2.75, 3.05) is 6.54 Å². The monoisotopic (exact) mass is 474 g/mol. The van der Waals surface area contributed by atoms with E-state index in [9.17, 15) is 28.8 Å². The van der Waals surface area contributed by atoms with Crippen molar-refractivity contribution in [3.8, 4) is 0 Å². The molecule has 0 saturated heterocycles. The highest BCUT2D eigenvalue weighted by Gasteiger charge is 2.29. The number of hydrogen-bond acceptors (Lipinski definition) is 8. The van der Waals surface area contributed by atoms with Crippen molar-refractivity contribution in [2.24, 2.45) is 17.2 Å². The number of primary amides is 1. The molecule has 0 saturated carbocycles. The second kappa shape index (κ2) is 15.5. The van der Waals surface area contributed by atoms with Gasteiger partial charge in [-0.1, -0.05) is 0 Å². The van der Waals surface area contributed by atoms with E-state index in [1.165, 1.54) is 6.92 Å². The Bertz CT molecular complexity index is 716. The Kier molecular flexibility index (Phi) is 14.0. The van der Waals surface area contributed by atoms with Crippen molar-refractivity contribution in [1.29, 1.82) is 0 Å². The summed E-state index contributed by atoms with van der Waals surface area (Å²) in [5, 5.41) is 24.9. The Morgan fingerprint density at radius 1 is 0.788 bits per heavy atom. The zero-order valence-electron chi connectivity index (χ0n) is 18.5. The van der Waals surface area contributed by atoms with Crippen LogP contribution in [0.3, 0.4) is 0 Å². The highest BCUT2D eigenvalue weighted by atomic mass is 16.4. The van der Waals surface area contributed by atoms with Crippen LogP contribution in [-0.2, 0) is 28.8 Å². The third-order valence-corrected chi connectivity index (χ3v) is 4.63. The van der Waals surface area contributed by atoms with Gasteiger partial charge < -0.3 is 43.4 Å². The van der Waals surface area contributed by atoms with Gasteiger partial charge in [0.25, 0.3) is 0 Å². The van der Waals surface area contributed by atoms with Gasteiger partial charge in [-0.2, -0.15) is 0 Å². The Morgan fingerprint density at radius 3 is 1.85 bits per heavy atom. The molecular formula is C19H34N6O8. The van der Waals surface area contributed by atoms with Gasteiger partial charge in [0.15, 0.2) is 0 Å². The van der Waals surface area contributed by atoms with Crippen molar-refractivity contribution in [3.63, 3.8) is 0 Å². The molecule has 0 aliphatic heterocycles. The molecule has 0 spiro atoms. The molecule has 4 atom stereocenters. The highest BCUT2D eigenvalue weighted by Crippen LogP contribution is 2.06. The number of aliphatic carboxylic acids is 2. The van der Waals surface area contributed by atoms with E-state index < -0.39 is 66.2 Å². The van der Waals surface area contributed by atoms with Crippen molar-refractivity contribution < 1.29 is 39.0 Å². The zero-order chi connectivity index (χ0) is 25.6. The van der Waals surface area contributed by atoms with Gasteiger partial charge in [0.1, 0.15) is 18.1 Å². The first-order valence-corrected chi connectivity index (χ1v) is 10.5. The van der Waals surface area contributed by atoms with E-state index in [0.717, 1.165) is 0 Å². The predicted octanol–water partition coefficient (Wildman–Crippen LogP) is -2.87. The highest BCUT2D eigenvalue weighted by molar-refractivity contribution is 5.94. The number of nitrogens with one attached hydrogen (secondary N) is 3. The SMILES string of the molecule is CC(NC(=O)C(CCC(=O)O)NC(=O)C(CCCCN)NC(=O)C(N)CCC(N)=O)C(=O)O. The summed E-state index contributed by atoms with van der Waals surface area (Å²) in [6.07, 6.45) is 0.214. The lowest BCUT2D eigenvalue weighted by atomic mass is 10.0. The number of amides is 4. The fraction of sp³-hybridized carbons (Fsp3) is 0.684. The first-order valence-electron chi connectivity index (χ1n) is 10.5. The van der Waals surface area contributed by atoms with Crippen LogP contribution >= 0.6 is 0 Å². The summed E-state index contributed by atoms with van der Waals surface area (Å²) in [6.45, 7) is 1.55. The molecule has 0 fully saturated rings. The van der Waals surface area contributed by atoms with Crippen LogP contribution in [0.4, 0.5) is 0 Å². The summed E-state index contributed by atoms with van der Waals surface area (Å²) in [7, 11) is 0. The molecule has 33 heavy (non-hydrogen) atoms. The minimum absolute atomic E-state index is 0.0327. The molecule has 14 heteroatoms. The standard InChI is InChI=1S/C19H34N6O8/c1-10(19(32)33)23-17(30)13(6-8-15(27)28)25-18(31)12(4-2-3-9-20)24-16(29)11(21)5-7-14(22)26/h10-13H,2-9,20-21H2,1H3,(H2,22,26)(H,23,30)(H,24,29)(H,25,31)(H,27,28)(H,32,33). The van der Waals surface area contributed by atoms with Crippen molar-refractivity contribution in [2.45, 2.75) is 76.0 Å². The predicted molar refractivity (Wildman–Crippen MR) is 115 cm³/mol. The lowest BCUT2D eigenvalue weighted by molar-refractivity contribution is -0.142. The molecule has 0 bridgehead atoms. The Morgan fingerprint density at radius 2 is 1.33 bits per heavy atom. The topological polar surface area (TPSA) is 257 Å². The normalized spacial score (nSPS) is 14.3. The smallest absolute Gasteiger partial charge is 0.325 e. The van der Waals surface area contributed by atoms with Gasteiger partial charge >= 0.3 is 11.9 Å². The molecule has 0 radical (unpaired) electrons. The second-order valence-electron chi connectivity index (χ2n) is 7.52. The van der Waals surface area contributed by atoms with Crippen LogP contribution < -0.4 is 33.2 Å². The minimum Gasteiger partial charge on any atom is -0.481 e. The molecule has 0 aromatic carbocycles. The molecular weight excluding hydrogens is 440 g/mol. The maximum atomic E-state index is 12.8. The van der Waals surface area contributed by atoms with Crippen LogP contribution in [0, 0.1) is 0 Å². The van der Waals surface area contributed by atoms with Crippen LogP contribution in [0.5, 0.6) is 0 Å². The number of nitrogens with two attached hydrogens (primary N) is 3. The van der Waals surface area contributed by atoms with E-state index in [2.05, 4.69) is 16.0 Å². The van der Waals surface area contributed by atoms with Gasteiger partial charge in [-0.15, -0.1) is 0 Å². The minimum atomic E-state index is -1.35. The number of carbonyl (C=O) groups excluding carboxylic acids is 4. The Labute approximate surface area is 191 Å². The summed E-state index contributed by atoms with van der Waals surface area (Å²) in [4.78, 5) is 70.4. The quantitative estimate of drug-likeness (QED) is 0.0999. The van der Waals surface area contributed by atoms with Gasteiger partial charge in [-0.3, -0.25) is 28.8 Å².